The predicted molar refractivity (Wildman–Crippen MR) is 61.9 cm³/mol. The van der Waals surface area contributed by atoms with Crippen LogP contribution in [0.25, 0.3) is 22.7 Å². The van der Waals surface area contributed by atoms with E-state index in [-0.39, 0.29) is 5.95 Å². The Bertz CT molecular complexity index is 641. The number of nitrogens with two attached hydrogens (primary N) is 1. The smallest absolute Gasteiger partial charge is 0.222 e. The molecule has 0 unspecified atom stereocenters. The summed E-state index contributed by atoms with van der Waals surface area (Å²) in [6, 6.07) is 0. The van der Waals surface area contributed by atoms with Crippen molar-refractivity contribution in [1.82, 2.24) is 24.9 Å². The zero-order valence-corrected chi connectivity index (χ0v) is 9.25. The van der Waals surface area contributed by atoms with Gasteiger partial charge in [-0.1, -0.05) is 0 Å². The van der Waals surface area contributed by atoms with Crippen LogP contribution in [0, 0.1) is 6.92 Å². The van der Waals surface area contributed by atoms with E-state index in [0.717, 1.165) is 16.9 Å². The summed E-state index contributed by atoms with van der Waals surface area (Å²) in [6.07, 6.45) is 0. The fourth-order valence-corrected chi connectivity index (χ4v) is 2.05. The van der Waals surface area contributed by atoms with Crippen LogP contribution in [0.15, 0.2) is 10.9 Å². The van der Waals surface area contributed by atoms with Crippen molar-refractivity contribution in [3.05, 3.63) is 16.6 Å². The molecule has 3 heterocycles. The molecule has 0 saturated carbocycles. The third-order valence-electron chi connectivity index (χ3n) is 2.22. The summed E-state index contributed by atoms with van der Waals surface area (Å²) in [7, 11) is 0. The second-order valence-corrected chi connectivity index (χ2v) is 4.04. The zero-order chi connectivity index (χ0) is 11.1. The largest absolute Gasteiger partial charge is 0.368 e. The van der Waals surface area contributed by atoms with Gasteiger partial charge in [0.05, 0.1) is 11.2 Å². The van der Waals surface area contributed by atoms with Crippen molar-refractivity contribution in [3.63, 3.8) is 0 Å². The van der Waals surface area contributed by atoms with Gasteiger partial charge in [-0.15, -0.1) is 11.3 Å². The lowest BCUT2D eigenvalue weighted by atomic mass is 10.4. The molecule has 6 nitrogen and oxygen atoms in total. The Kier molecular flexibility index (Phi) is 1.87. The number of H-pyrrole nitrogens is 1. The van der Waals surface area contributed by atoms with Gasteiger partial charge in [0.1, 0.15) is 11.2 Å². The number of fused-ring (bicyclic) bond motifs is 1. The summed E-state index contributed by atoms with van der Waals surface area (Å²) in [5.41, 5.74) is 10.3. The molecule has 0 amide bonds. The summed E-state index contributed by atoms with van der Waals surface area (Å²) in [6.45, 7) is 1.86. The Morgan fingerprint density at radius 2 is 2.19 bits per heavy atom. The maximum absolute atomic E-state index is 5.56. The first-order chi connectivity index (χ1) is 7.74. The number of nitrogens with zero attached hydrogens (tertiary/aromatic N) is 4. The van der Waals surface area contributed by atoms with Crippen molar-refractivity contribution in [2.45, 2.75) is 6.92 Å². The Morgan fingerprint density at radius 3 is 2.94 bits per heavy atom. The number of anilines is 1. The van der Waals surface area contributed by atoms with Crippen molar-refractivity contribution >= 4 is 28.4 Å². The molecule has 7 heteroatoms. The van der Waals surface area contributed by atoms with Crippen LogP contribution in [0.3, 0.4) is 0 Å². The van der Waals surface area contributed by atoms with E-state index in [1.165, 1.54) is 11.3 Å². The number of nitrogen functional groups attached to an aromatic ring is 1. The lowest BCUT2D eigenvalue weighted by Crippen LogP contribution is -1.96. The number of nitrogens with one attached hydrogen (secondary N) is 1. The van der Waals surface area contributed by atoms with Gasteiger partial charge in [0.15, 0.2) is 11.5 Å². The SMILES string of the molecule is Cc1nc(N)nc2nc(-c3cscn3)[nH]c12. The van der Waals surface area contributed by atoms with E-state index in [9.17, 15) is 0 Å². The van der Waals surface area contributed by atoms with E-state index in [1.807, 2.05) is 12.3 Å². The molecule has 16 heavy (non-hydrogen) atoms. The summed E-state index contributed by atoms with van der Waals surface area (Å²) < 4.78 is 0. The molecular formula is C9H8N6S. The average Bonchev–Trinajstić information content (AvgIpc) is 2.82. The van der Waals surface area contributed by atoms with Gasteiger partial charge in [0.2, 0.25) is 5.95 Å². The minimum absolute atomic E-state index is 0.237. The van der Waals surface area contributed by atoms with Crippen LogP contribution in [-0.2, 0) is 0 Å². The van der Waals surface area contributed by atoms with E-state index in [1.54, 1.807) is 5.51 Å². The molecule has 0 bridgehead atoms. The minimum atomic E-state index is 0.237. The third kappa shape index (κ3) is 1.33. The zero-order valence-electron chi connectivity index (χ0n) is 8.43. The molecule has 0 saturated heterocycles. The maximum Gasteiger partial charge on any atom is 0.222 e. The van der Waals surface area contributed by atoms with Crippen LogP contribution in [0.2, 0.25) is 0 Å². The molecular weight excluding hydrogens is 224 g/mol. The monoisotopic (exact) mass is 232 g/mol. The van der Waals surface area contributed by atoms with E-state index in [0.29, 0.717) is 11.5 Å². The van der Waals surface area contributed by atoms with Crippen LogP contribution in [-0.4, -0.2) is 24.9 Å². The molecule has 0 atom stereocenters. The number of thiazole rings is 1. The van der Waals surface area contributed by atoms with Crippen LogP contribution < -0.4 is 5.73 Å². The molecule has 3 N–H and O–H groups in total. The predicted octanol–water partition coefficient (Wildman–Crippen LogP) is 1.37. The van der Waals surface area contributed by atoms with Gasteiger partial charge in [-0.25, -0.2) is 15.0 Å². The lowest BCUT2D eigenvalue weighted by molar-refractivity contribution is 1.15. The van der Waals surface area contributed by atoms with Crippen LogP contribution in [0.4, 0.5) is 5.95 Å². The average molecular weight is 232 g/mol. The lowest BCUT2D eigenvalue weighted by Gasteiger charge is -1.94. The molecule has 0 fully saturated rings. The summed E-state index contributed by atoms with van der Waals surface area (Å²) in [5, 5.41) is 1.92. The van der Waals surface area contributed by atoms with Gasteiger partial charge in [0.25, 0.3) is 0 Å². The highest BCUT2D eigenvalue weighted by Gasteiger charge is 2.10. The minimum Gasteiger partial charge on any atom is -0.368 e. The molecule has 0 aliphatic carbocycles. The molecule has 80 valence electrons. The van der Waals surface area contributed by atoms with E-state index >= 15 is 0 Å². The highest BCUT2D eigenvalue weighted by molar-refractivity contribution is 7.07. The first-order valence-electron chi connectivity index (χ1n) is 4.62. The summed E-state index contributed by atoms with van der Waals surface area (Å²) in [4.78, 5) is 19.8. The second kappa shape index (κ2) is 3.24. The highest BCUT2D eigenvalue weighted by Crippen LogP contribution is 2.20. The fourth-order valence-electron chi connectivity index (χ4n) is 1.51. The first kappa shape index (κ1) is 9.22. The van der Waals surface area contributed by atoms with Gasteiger partial charge < -0.3 is 10.7 Å². The van der Waals surface area contributed by atoms with Gasteiger partial charge in [-0.3, -0.25) is 0 Å². The number of aromatic nitrogens is 5. The number of hydrogen-bond acceptors (Lipinski definition) is 6. The first-order valence-corrected chi connectivity index (χ1v) is 5.57. The molecule has 0 aliphatic heterocycles. The van der Waals surface area contributed by atoms with Gasteiger partial charge >= 0.3 is 0 Å². The number of aromatic amines is 1. The molecule has 3 aromatic rings. The van der Waals surface area contributed by atoms with Crippen LogP contribution in [0.5, 0.6) is 0 Å². The van der Waals surface area contributed by atoms with Crippen molar-refractivity contribution in [1.29, 1.82) is 0 Å². The van der Waals surface area contributed by atoms with E-state index < -0.39 is 0 Å². The Hall–Kier alpha value is -2.02. The van der Waals surface area contributed by atoms with Crippen molar-refractivity contribution in [2.24, 2.45) is 0 Å². The molecule has 0 aliphatic rings. The van der Waals surface area contributed by atoms with Gasteiger partial charge in [-0.2, -0.15) is 4.98 Å². The van der Waals surface area contributed by atoms with Crippen LogP contribution >= 0.6 is 11.3 Å². The second-order valence-electron chi connectivity index (χ2n) is 3.32. The molecule has 0 radical (unpaired) electrons. The number of rotatable bonds is 1. The highest BCUT2D eigenvalue weighted by atomic mass is 32.1. The normalized spacial score (nSPS) is 11.1. The Labute approximate surface area is 94.6 Å². The molecule has 0 spiro atoms. The fraction of sp³-hybridized carbons (Fsp3) is 0.111. The van der Waals surface area contributed by atoms with E-state index in [4.69, 9.17) is 5.73 Å². The third-order valence-corrected chi connectivity index (χ3v) is 2.81. The quantitative estimate of drug-likeness (QED) is 0.660. The summed E-state index contributed by atoms with van der Waals surface area (Å²) >= 11 is 1.52. The standard InChI is InChI=1S/C9H8N6S/c1-4-6-8(15-9(10)12-4)14-7(13-6)5-2-16-3-11-5/h2-3H,1H3,(H3,10,12,13,14,15). The number of aryl methyl sites for hydroxylation is 1. The van der Waals surface area contributed by atoms with Crippen molar-refractivity contribution in [3.8, 4) is 11.5 Å². The van der Waals surface area contributed by atoms with Gasteiger partial charge in [-0.05, 0) is 6.92 Å². The summed E-state index contributed by atoms with van der Waals surface area (Å²) in [5.74, 6) is 0.931. The van der Waals surface area contributed by atoms with Crippen LogP contribution in [0.1, 0.15) is 5.69 Å². The van der Waals surface area contributed by atoms with Crippen molar-refractivity contribution < 1.29 is 0 Å². The van der Waals surface area contributed by atoms with E-state index in [2.05, 4.69) is 24.9 Å². The van der Waals surface area contributed by atoms with Crippen molar-refractivity contribution in [2.75, 3.05) is 5.73 Å². The van der Waals surface area contributed by atoms with Gasteiger partial charge in [0, 0.05) is 5.38 Å². The Balaban J connectivity index is 2.27. The molecule has 3 aromatic heterocycles. The maximum atomic E-state index is 5.56. The molecule has 0 aromatic carbocycles. The molecule has 3 rings (SSSR count). The topological polar surface area (TPSA) is 93.4 Å². The number of hydrogen-bond donors (Lipinski definition) is 2. The Morgan fingerprint density at radius 1 is 1.31 bits per heavy atom. The number of imidazole rings is 1.